The van der Waals surface area contributed by atoms with Crippen LogP contribution in [0.2, 0.25) is 0 Å². The highest BCUT2D eigenvalue weighted by molar-refractivity contribution is 9.10. The van der Waals surface area contributed by atoms with Crippen LogP contribution in [0, 0.1) is 0 Å². The molecule has 94 valence electrons. The molecule has 0 atom stereocenters. The Bertz CT molecular complexity index is 561. The average Bonchev–Trinajstić information content (AvgIpc) is 3.09. The van der Waals surface area contributed by atoms with Gasteiger partial charge in [-0.3, -0.25) is 0 Å². The van der Waals surface area contributed by atoms with Gasteiger partial charge in [0.2, 0.25) is 0 Å². The van der Waals surface area contributed by atoms with Gasteiger partial charge in [-0.15, -0.1) is 0 Å². The second kappa shape index (κ2) is 4.76. The molecule has 1 aliphatic carbocycles. The molecule has 18 heavy (non-hydrogen) atoms. The molecule has 0 bridgehead atoms. The molecule has 0 saturated heterocycles. The van der Waals surface area contributed by atoms with Gasteiger partial charge >= 0.3 is 0 Å². The normalized spacial score (nSPS) is 14.8. The van der Waals surface area contributed by atoms with Crippen LogP contribution in [0.25, 0.3) is 11.4 Å². The summed E-state index contributed by atoms with van der Waals surface area (Å²) in [6, 6.07) is 6.03. The predicted molar refractivity (Wildman–Crippen MR) is 74.9 cm³/mol. The third-order valence-electron chi connectivity index (χ3n) is 3.11. The van der Waals surface area contributed by atoms with E-state index < -0.39 is 0 Å². The Balaban J connectivity index is 1.97. The van der Waals surface area contributed by atoms with Crippen molar-refractivity contribution in [1.82, 2.24) is 9.97 Å². The van der Waals surface area contributed by atoms with Crippen molar-refractivity contribution >= 4 is 15.9 Å². The van der Waals surface area contributed by atoms with Gasteiger partial charge < -0.3 is 9.72 Å². The maximum absolute atomic E-state index is 5.67. The van der Waals surface area contributed by atoms with Crippen LogP contribution in [0.4, 0.5) is 0 Å². The number of aromatic amines is 1. The highest BCUT2D eigenvalue weighted by atomic mass is 79.9. The molecule has 1 aromatic carbocycles. The monoisotopic (exact) mass is 306 g/mol. The number of imidazole rings is 1. The van der Waals surface area contributed by atoms with Crippen molar-refractivity contribution in [3.63, 3.8) is 0 Å². The maximum atomic E-state index is 5.67. The van der Waals surface area contributed by atoms with E-state index in [1.54, 1.807) is 0 Å². The van der Waals surface area contributed by atoms with Crippen LogP contribution >= 0.6 is 15.9 Å². The molecule has 0 unspecified atom stereocenters. The number of halogens is 1. The van der Waals surface area contributed by atoms with E-state index in [1.807, 2.05) is 31.3 Å². The number of aromatic nitrogens is 2. The lowest BCUT2D eigenvalue weighted by molar-refractivity contribution is 0.341. The molecular formula is C14H15BrN2O. The maximum Gasteiger partial charge on any atom is 0.141 e. The zero-order chi connectivity index (χ0) is 12.5. The molecular weight excluding hydrogens is 292 g/mol. The van der Waals surface area contributed by atoms with E-state index in [9.17, 15) is 0 Å². The van der Waals surface area contributed by atoms with E-state index in [0.29, 0.717) is 12.5 Å². The number of nitrogens with one attached hydrogen (secondary N) is 1. The van der Waals surface area contributed by atoms with Gasteiger partial charge in [0.1, 0.15) is 11.6 Å². The minimum Gasteiger partial charge on any atom is -0.493 e. The molecule has 0 radical (unpaired) electrons. The summed E-state index contributed by atoms with van der Waals surface area (Å²) in [5.74, 6) is 2.45. The van der Waals surface area contributed by atoms with E-state index >= 15 is 0 Å². The van der Waals surface area contributed by atoms with E-state index in [4.69, 9.17) is 4.74 Å². The van der Waals surface area contributed by atoms with Crippen molar-refractivity contribution in [2.45, 2.75) is 25.7 Å². The lowest BCUT2D eigenvalue weighted by Crippen LogP contribution is -1.95. The number of ether oxygens (including phenoxy) is 1. The zero-order valence-electron chi connectivity index (χ0n) is 10.2. The molecule has 2 aromatic rings. The van der Waals surface area contributed by atoms with Crippen molar-refractivity contribution in [2.75, 3.05) is 6.61 Å². The number of hydrogen-bond acceptors (Lipinski definition) is 2. The van der Waals surface area contributed by atoms with Crippen LogP contribution in [0.5, 0.6) is 5.75 Å². The summed E-state index contributed by atoms with van der Waals surface area (Å²) in [6.45, 7) is 2.64. The molecule has 1 saturated carbocycles. The lowest BCUT2D eigenvalue weighted by atomic mass is 10.2. The number of rotatable bonds is 4. The number of hydrogen-bond donors (Lipinski definition) is 1. The molecule has 1 heterocycles. The lowest BCUT2D eigenvalue weighted by Gasteiger charge is -2.08. The van der Waals surface area contributed by atoms with Gasteiger partial charge in [-0.2, -0.15) is 0 Å². The Labute approximate surface area is 115 Å². The number of nitrogens with zero attached hydrogens (tertiary/aromatic N) is 1. The highest BCUT2D eigenvalue weighted by Gasteiger charge is 2.25. The van der Waals surface area contributed by atoms with E-state index in [0.717, 1.165) is 21.6 Å². The molecule has 0 aliphatic heterocycles. The number of H-pyrrole nitrogens is 1. The van der Waals surface area contributed by atoms with E-state index in [2.05, 4.69) is 25.9 Å². The van der Waals surface area contributed by atoms with Crippen LogP contribution < -0.4 is 4.74 Å². The quantitative estimate of drug-likeness (QED) is 0.923. The fraction of sp³-hybridized carbons (Fsp3) is 0.357. The van der Waals surface area contributed by atoms with Gasteiger partial charge in [0.15, 0.2) is 0 Å². The van der Waals surface area contributed by atoms with Crippen LogP contribution in [0.1, 0.15) is 31.4 Å². The van der Waals surface area contributed by atoms with Crippen LogP contribution in [0.3, 0.4) is 0 Å². The first-order valence-electron chi connectivity index (χ1n) is 6.25. The highest BCUT2D eigenvalue weighted by Crippen LogP contribution is 2.40. The molecule has 0 amide bonds. The standard InChI is InChI=1S/C14H15BrN2O/c1-2-18-13-7-10(15)5-6-11(13)14-16-8-12(17-14)9-3-4-9/h5-9H,2-4H2,1H3,(H,16,17). The molecule has 4 heteroatoms. The molecule has 1 aliphatic rings. The van der Waals surface area contributed by atoms with Gasteiger partial charge in [-0.1, -0.05) is 15.9 Å². The third kappa shape index (κ3) is 2.29. The summed E-state index contributed by atoms with van der Waals surface area (Å²) in [5, 5.41) is 0. The van der Waals surface area contributed by atoms with Crippen molar-refractivity contribution in [3.05, 3.63) is 34.6 Å². The van der Waals surface area contributed by atoms with Gasteiger partial charge in [0.05, 0.1) is 12.2 Å². The van der Waals surface area contributed by atoms with Crippen LogP contribution in [-0.2, 0) is 0 Å². The minimum absolute atomic E-state index is 0.652. The number of benzene rings is 1. The summed E-state index contributed by atoms with van der Waals surface area (Å²) < 4.78 is 6.68. The van der Waals surface area contributed by atoms with Crippen molar-refractivity contribution in [2.24, 2.45) is 0 Å². The van der Waals surface area contributed by atoms with Gasteiger partial charge in [0.25, 0.3) is 0 Å². The summed E-state index contributed by atoms with van der Waals surface area (Å²) in [5.41, 5.74) is 2.27. The third-order valence-corrected chi connectivity index (χ3v) is 3.60. The van der Waals surface area contributed by atoms with Crippen molar-refractivity contribution < 1.29 is 4.74 Å². The summed E-state index contributed by atoms with van der Waals surface area (Å²) in [4.78, 5) is 7.87. The van der Waals surface area contributed by atoms with Gasteiger partial charge in [0, 0.05) is 22.3 Å². The Morgan fingerprint density at radius 1 is 1.44 bits per heavy atom. The topological polar surface area (TPSA) is 37.9 Å². The summed E-state index contributed by atoms with van der Waals surface area (Å²) in [6.07, 6.45) is 4.51. The van der Waals surface area contributed by atoms with Gasteiger partial charge in [-0.25, -0.2) is 4.98 Å². The Morgan fingerprint density at radius 3 is 3.00 bits per heavy atom. The van der Waals surface area contributed by atoms with E-state index in [-0.39, 0.29) is 0 Å². The fourth-order valence-corrected chi connectivity index (χ4v) is 2.38. The summed E-state index contributed by atoms with van der Waals surface area (Å²) in [7, 11) is 0. The second-order valence-corrected chi connectivity index (χ2v) is 5.45. The first kappa shape index (κ1) is 11.8. The van der Waals surface area contributed by atoms with Crippen molar-refractivity contribution in [1.29, 1.82) is 0 Å². The minimum atomic E-state index is 0.652. The van der Waals surface area contributed by atoms with Gasteiger partial charge in [-0.05, 0) is 38.0 Å². The SMILES string of the molecule is CCOc1cc(Br)ccc1-c1ncc(C2CC2)[nH]1. The molecule has 0 spiro atoms. The van der Waals surface area contributed by atoms with Crippen molar-refractivity contribution in [3.8, 4) is 17.1 Å². The molecule has 1 aromatic heterocycles. The molecule has 3 nitrogen and oxygen atoms in total. The average molecular weight is 307 g/mol. The zero-order valence-corrected chi connectivity index (χ0v) is 11.8. The van der Waals surface area contributed by atoms with Crippen LogP contribution in [-0.4, -0.2) is 16.6 Å². The van der Waals surface area contributed by atoms with E-state index in [1.165, 1.54) is 18.5 Å². The smallest absolute Gasteiger partial charge is 0.141 e. The molecule has 3 rings (SSSR count). The second-order valence-electron chi connectivity index (χ2n) is 4.53. The first-order valence-corrected chi connectivity index (χ1v) is 7.05. The first-order chi connectivity index (χ1) is 8.78. The molecule has 1 fully saturated rings. The fourth-order valence-electron chi connectivity index (χ4n) is 2.04. The Kier molecular flexibility index (Phi) is 3.12. The summed E-state index contributed by atoms with van der Waals surface area (Å²) >= 11 is 3.47. The predicted octanol–water partition coefficient (Wildman–Crippen LogP) is 4.12. The largest absolute Gasteiger partial charge is 0.493 e. The molecule has 1 N–H and O–H groups in total. The van der Waals surface area contributed by atoms with Crippen LogP contribution in [0.15, 0.2) is 28.9 Å². The Morgan fingerprint density at radius 2 is 2.28 bits per heavy atom. The Hall–Kier alpha value is -1.29.